The zero-order chi connectivity index (χ0) is 10.6. The number of hydrogen-bond donors (Lipinski definition) is 2. The van der Waals surface area contributed by atoms with Gasteiger partial charge in [0.1, 0.15) is 0 Å². The molecule has 0 aromatic heterocycles. The molecule has 1 heterocycles. The normalized spacial score (nSPS) is 19.9. The van der Waals surface area contributed by atoms with E-state index in [1.165, 1.54) is 0 Å². The van der Waals surface area contributed by atoms with Crippen LogP contribution in [0.3, 0.4) is 0 Å². The number of anilines is 1. The maximum atomic E-state index is 11.7. The quantitative estimate of drug-likeness (QED) is 0.706. The van der Waals surface area contributed by atoms with Crippen molar-refractivity contribution >= 4 is 17.5 Å². The minimum absolute atomic E-state index is 0.0547. The zero-order valence-corrected chi connectivity index (χ0v) is 8.04. The SMILES string of the molecule is NC(=O)c1ccc2c(c1)C1(CC1)C(=O)N2. The van der Waals surface area contributed by atoms with E-state index in [2.05, 4.69) is 5.32 Å². The summed E-state index contributed by atoms with van der Waals surface area (Å²) in [4.78, 5) is 22.7. The Labute approximate surface area is 86.5 Å². The Bertz CT molecular complexity index is 489. The van der Waals surface area contributed by atoms with Gasteiger partial charge in [-0.3, -0.25) is 9.59 Å². The molecular formula is C11H10N2O2. The van der Waals surface area contributed by atoms with Crippen molar-refractivity contribution in [3.8, 4) is 0 Å². The van der Waals surface area contributed by atoms with Crippen molar-refractivity contribution in [3.63, 3.8) is 0 Å². The lowest BCUT2D eigenvalue weighted by Gasteiger charge is -2.04. The van der Waals surface area contributed by atoms with Crippen LogP contribution in [0.5, 0.6) is 0 Å². The van der Waals surface area contributed by atoms with Crippen molar-refractivity contribution in [2.75, 3.05) is 5.32 Å². The Morgan fingerprint density at radius 1 is 1.40 bits per heavy atom. The third-order valence-corrected chi connectivity index (χ3v) is 3.25. The molecular weight excluding hydrogens is 192 g/mol. The molecule has 3 rings (SSSR count). The van der Waals surface area contributed by atoms with Crippen LogP contribution in [-0.2, 0) is 10.2 Å². The Morgan fingerprint density at radius 2 is 2.13 bits per heavy atom. The van der Waals surface area contributed by atoms with Gasteiger partial charge in [0.25, 0.3) is 0 Å². The van der Waals surface area contributed by atoms with Crippen LogP contribution in [0, 0.1) is 0 Å². The summed E-state index contributed by atoms with van der Waals surface area (Å²) >= 11 is 0. The molecule has 0 atom stereocenters. The number of benzene rings is 1. The number of hydrogen-bond acceptors (Lipinski definition) is 2. The molecule has 2 aliphatic rings. The summed E-state index contributed by atoms with van der Waals surface area (Å²) in [6.45, 7) is 0. The van der Waals surface area contributed by atoms with Gasteiger partial charge in [0, 0.05) is 11.3 Å². The summed E-state index contributed by atoms with van der Waals surface area (Å²) in [5.41, 5.74) is 7.09. The molecule has 4 heteroatoms. The highest BCUT2D eigenvalue weighted by atomic mass is 16.2. The fourth-order valence-corrected chi connectivity index (χ4v) is 2.19. The molecule has 15 heavy (non-hydrogen) atoms. The van der Waals surface area contributed by atoms with Crippen LogP contribution < -0.4 is 11.1 Å². The summed E-state index contributed by atoms with van der Waals surface area (Å²) in [7, 11) is 0. The molecule has 1 aromatic carbocycles. The molecule has 1 aliphatic carbocycles. The van der Waals surface area contributed by atoms with Gasteiger partial charge in [-0.25, -0.2) is 0 Å². The Morgan fingerprint density at radius 3 is 2.73 bits per heavy atom. The topological polar surface area (TPSA) is 72.2 Å². The van der Waals surface area contributed by atoms with Crippen molar-refractivity contribution in [2.45, 2.75) is 18.3 Å². The maximum absolute atomic E-state index is 11.7. The first-order valence-corrected chi connectivity index (χ1v) is 4.89. The summed E-state index contributed by atoms with van der Waals surface area (Å²) in [5, 5.41) is 2.83. The van der Waals surface area contributed by atoms with Crippen LogP contribution in [0.2, 0.25) is 0 Å². The molecule has 1 fully saturated rings. The third-order valence-electron chi connectivity index (χ3n) is 3.25. The molecule has 1 aliphatic heterocycles. The van der Waals surface area contributed by atoms with Gasteiger partial charge >= 0.3 is 0 Å². The van der Waals surface area contributed by atoms with E-state index >= 15 is 0 Å². The van der Waals surface area contributed by atoms with E-state index in [-0.39, 0.29) is 11.3 Å². The van der Waals surface area contributed by atoms with E-state index in [1.807, 2.05) is 0 Å². The number of nitrogens with one attached hydrogen (secondary N) is 1. The van der Waals surface area contributed by atoms with E-state index < -0.39 is 5.91 Å². The second-order valence-corrected chi connectivity index (χ2v) is 4.16. The number of rotatable bonds is 1. The van der Waals surface area contributed by atoms with Crippen molar-refractivity contribution in [1.82, 2.24) is 0 Å². The van der Waals surface area contributed by atoms with Crippen LogP contribution in [-0.4, -0.2) is 11.8 Å². The smallest absolute Gasteiger partial charge is 0.248 e. The fourth-order valence-electron chi connectivity index (χ4n) is 2.19. The van der Waals surface area contributed by atoms with Gasteiger partial charge in [0.15, 0.2) is 0 Å². The molecule has 2 amide bonds. The highest BCUT2D eigenvalue weighted by Gasteiger charge is 2.56. The van der Waals surface area contributed by atoms with Crippen LogP contribution >= 0.6 is 0 Å². The van der Waals surface area contributed by atoms with Gasteiger partial charge in [-0.05, 0) is 36.6 Å². The molecule has 1 spiro atoms. The molecule has 0 bridgehead atoms. The number of nitrogens with two attached hydrogens (primary N) is 1. The standard InChI is InChI=1S/C11H10N2O2/c12-9(14)6-1-2-8-7(5-6)11(3-4-11)10(15)13-8/h1-2,5H,3-4H2,(H2,12,14)(H,13,15). The number of amides is 2. The number of primary amides is 1. The lowest BCUT2D eigenvalue weighted by Crippen LogP contribution is -2.18. The minimum Gasteiger partial charge on any atom is -0.366 e. The first kappa shape index (κ1) is 8.47. The molecule has 1 saturated carbocycles. The van der Waals surface area contributed by atoms with Gasteiger partial charge in [-0.1, -0.05) is 0 Å². The first-order valence-electron chi connectivity index (χ1n) is 4.89. The van der Waals surface area contributed by atoms with Crippen LogP contribution in [0.1, 0.15) is 28.8 Å². The van der Waals surface area contributed by atoms with Gasteiger partial charge in [-0.2, -0.15) is 0 Å². The first-order chi connectivity index (χ1) is 7.13. The highest BCUT2D eigenvalue weighted by Crippen LogP contribution is 2.55. The average Bonchev–Trinajstić information content (AvgIpc) is 2.93. The van der Waals surface area contributed by atoms with Gasteiger partial charge in [0.05, 0.1) is 5.41 Å². The molecule has 0 unspecified atom stereocenters. The van der Waals surface area contributed by atoms with Crippen molar-refractivity contribution in [1.29, 1.82) is 0 Å². The number of carbonyl (C=O) groups excluding carboxylic acids is 2. The largest absolute Gasteiger partial charge is 0.366 e. The molecule has 76 valence electrons. The van der Waals surface area contributed by atoms with Crippen LogP contribution in [0.15, 0.2) is 18.2 Å². The van der Waals surface area contributed by atoms with E-state index in [0.29, 0.717) is 5.56 Å². The summed E-state index contributed by atoms with van der Waals surface area (Å²) in [5.74, 6) is -0.396. The molecule has 0 radical (unpaired) electrons. The third kappa shape index (κ3) is 0.960. The monoisotopic (exact) mass is 202 g/mol. The maximum Gasteiger partial charge on any atom is 0.248 e. The second-order valence-electron chi connectivity index (χ2n) is 4.16. The fraction of sp³-hybridized carbons (Fsp3) is 0.273. The highest BCUT2D eigenvalue weighted by molar-refractivity contribution is 6.09. The second kappa shape index (κ2) is 2.39. The molecule has 1 aromatic rings. The predicted octanol–water partition coefficient (Wildman–Crippen LogP) is 0.769. The van der Waals surface area contributed by atoms with Crippen molar-refractivity contribution in [2.24, 2.45) is 5.73 Å². The van der Waals surface area contributed by atoms with Gasteiger partial charge in [-0.15, -0.1) is 0 Å². The Hall–Kier alpha value is -1.84. The summed E-state index contributed by atoms with van der Waals surface area (Å²) in [6.07, 6.45) is 1.74. The van der Waals surface area contributed by atoms with E-state index in [4.69, 9.17) is 5.73 Å². The van der Waals surface area contributed by atoms with E-state index in [1.54, 1.807) is 18.2 Å². The van der Waals surface area contributed by atoms with Crippen molar-refractivity contribution in [3.05, 3.63) is 29.3 Å². The lowest BCUT2D eigenvalue weighted by atomic mass is 9.96. The van der Waals surface area contributed by atoms with E-state index in [9.17, 15) is 9.59 Å². The van der Waals surface area contributed by atoms with Crippen molar-refractivity contribution < 1.29 is 9.59 Å². The molecule has 0 saturated heterocycles. The predicted molar refractivity (Wildman–Crippen MR) is 54.5 cm³/mol. The number of carbonyl (C=O) groups is 2. The lowest BCUT2D eigenvalue weighted by molar-refractivity contribution is -0.117. The van der Waals surface area contributed by atoms with Gasteiger partial charge in [0.2, 0.25) is 11.8 Å². The zero-order valence-electron chi connectivity index (χ0n) is 8.04. The molecule has 4 nitrogen and oxygen atoms in total. The Kier molecular flexibility index (Phi) is 1.35. The Balaban J connectivity index is 2.17. The number of fused-ring (bicyclic) bond motifs is 2. The average molecular weight is 202 g/mol. The van der Waals surface area contributed by atoms with E-state index in [0.717, 1.165) is 24.1 Å². The molecule has 3 N–H and O–H groups in total. The summed E-state index contributed by atoms with van der Waals surface area (Å²) < 4.78 is 0. The van der Waals surface area contributed by atoms with Gasteiger partial charge < -0.3 is 11.1 Å². The summed E-state index contributed by atoms with van der Waals surface area (Å²) in [6, 6.07) is 5.13. The minimum atomic E-state index is -0.451. The van der Waals surface area contributed by atoms with Crippen LogP contribution in [0.25, 0.3) is 0 Å². The van der Waals surface area contributed by atoms with Crippen LogP contribution in [0.4, 0.5) is 5.69 Å².